The summed E-state index contributed by atoms with van der Waals surface area (Å²) in [4.78, 5) is 12.1. The van der Waals surface area contributed by atoms with E-state index >= 15 is 0 Å². The first-order valence-electron chi connectivity index (χ1n) is 6.07. The topological polar surface area (TPSA) is 75.3 Å². The third-order valence-corrected chi connectivity index (χ3v) is 5.46. The normalized spacial score (nSPS) is 11.1. The maximum Gasteiger partial charge on any atom is 0.262 e. The van der Waals surface area contributed by atoms with Crippen LogP contribution in [0.5, 0.6) is 0 Å². The maximum atomic E-state index is 12.3. The van der Waals surface area contributed by atoms with E-state index in [9.17, 15) is 13.2 Å². The number of benzene rings is 1. The number of rotatable bonds is 5. The minimum atomic E-state index is -3.70. The van der Waals surface area contributed by atoms with Gasteiger partial charge in [-0.25, -0.2) is 8.42 Å². The minimum Gasteiger partial charge on any atom is -0.352 e. The van der Waals surface area contributed by atoms with E-state index in [1.54, 1.807) is 31.2 Å². The molecular formula is C13H13BrN2O3S2. The van der Waals surface area contributed by atoms with Crippen molar-refractivity contribution in [2.45, 2.75) is 11.8 Å². The highest BCUT2D eigenvalue weighted by Gasteiger charge is 2.18. The fourth-order valence-corrected chi connectivity index (χ4v) is 4.23. The van der Waals surface area contributed by atoms with E-state index in [0.717, 1.165) is 15.8 Å². The highest BCUT2D eigenvalue weighted by Crippen LogP contribution is 2.23. The standard InChI is InChI=1S/C13H13BrN2O3S2/c1-2-15-13(17)12-7-11(8-20-12)21(18,19)16-10-5-3-4-9(14)6-10/h3-8,16H,2H2,1H3,(H,15,17). The Hall–Kier alpha value is -1.38. The Labute approximate surface area is 135 Å². The molecule has 1 aromatic carbocycles. The summed E-state index contributed by atoms with van der Waals surface area (Å²) in [6.45, 7) is 2.30. The summed E-state index contributed by atoms with van der Waals surface area (Å²) >= 11 is 4.38. The Bertz CT molecular complexity index is 756. The van der Waals surface area contributed by atoms with Gasteiger partial charge in [0.2, 0.25) is 0 Å². The van der Waals surface area contributed by atoms with Gasteiger partial charge in [-0.15, -0.1) is 11.3 Å². The van der Waals surface area contributed by atoms with Gasteiger partial charge in [-0.3, -0.25) is 9.52 Å². The van der Waals surface area contributed by atoms with Gasteiger partial charge in [0.05, 0.1) is 9.77 Å². The Morgan fingerprint density at radius 3 is 2.76 bits per heavy atom. The lowest BCUT2D eigenvalue weighted by Crippen LogP contribution is -2.21. The number of hydrogen-bond donors (Lipinski definition) is 2. The molecular weight excluding hydrogens is 376 g/mol. The van der Waals surface area contributed by atoms with Crippen molar-refractivity contribution in [1.29, 1.82) is 0 Å². The molecule has 0 unspecified atom stereocenters. The Morgan fingerprint density at radius 2 is 2.10 bits per heavy atom. The number of amides is 1. The van der Waals surface area contributed by atoms with E-state index in [0.29, 0.717) is 17.1 Å². The highest BCUT2D eigenvalue weighted by molar-refractivity contribution is 9.10. The zero-order chi connectivity index (χ0) is 15.5. The molecule has 2 aromatic rings. The van der Waals surface area contributed by atoms with Crippen LogP contribution < -0.4 is 10.0 Å². The van der Waals surface area contributed by atoms with E-state index in [2.05, 4.69) is 26.0 Å². The predicted octanol–water partition coefficient (Wildman–Crippen LogP) is 3.06. The third-order valence-electron chi connectivity index (χ3n) is 2.52. The molecule has 2 rings (SSSR count). The molecule has 0 aliphatic rings. The summed E-state index contributed by atoms with van der Waals surface area (Å²) in [5, 5.41) is 4.08. The quantitative estimate of drug-likeness (QED) is 0.826. The third kappa shape index (κ3) is 4.05. The summed E-state index contributed by atoms with van der Waals surface area (Å²) in [7, 11) is -3.70. The Kier molecular flexibility index (Phi) is 5.02. The van der Waals surface area contributed by atoms with Crippen molar-refractivity contribution in [3.05, 3.63) is 45.1 Å². The first kappa shape index (κ1) is 16.0. The smallest absolute Gasteiger partial charge is 0.262 e. The van der Waals surface area contributed by atoms with Gasteiger partial charge in [-0.1, -0.05) is 22.0 Å². The number of nitrogens with one attached hydrogen (secondary N) is 2. The van der Waals surface area contributed by atoms with Gasteiger partial charge in [0.15, 0.2) is 0 Å². The molecule has 1 aromatic heterocycles. The van der Waals surface area contributed by atoms with Gasteiger partial charge >= 0.3 is 0 Å². The van der Waals surface area contributed by atoms with Gasteiger partial charge in [0.25, 0.3) is 15.9 Å². The number of carbonyl (C=O) groups is 1. The van der Waals surface area contributed by atoms with Crippen LogP contribution in [-0.2, 0) is 10.0 Å². The number of sulfonamides is 1. The van der Waals surface area contributed by atoms with Crippen molar-refractivity contribution in [3.63, 3.8) is 0 Å². The van der Waals surface area contributed by atoms with Gasteiger partial charge in [-0.05, 0) is 31.2 Å². The van der Waals surface area contributed by atoms with Crippen LogP contribution in [0.2, 0.25) is 0 Å². The van der Waals surface area contributed by atoms with Crippen LogP contribution >= 0.6 is 27.3 Å². The number of thiophene rings is 1. The molecule has 0 saturated heterocycles. The lowest BCUT2D eigenvalue weighted by Gasteiger charge is -2.06. The second kappa shape index (κ2) is 6.59. The second-order valence-corrected chi connectivity index (χ2v) is 7.63. The molecule has 112 valence electrons. The summed E-state index contributed by atoms with van der Waals surface area (Å²) in [5.74, 6) is -0.272. The van der Waals surface area contributed by atoms with Crippen molar-refractivity contribution in [2.24, 2.45) is 0 Å². The molecule has 0 atom stereocenters. The number of hydrogen-bond acceptors (Lipinski definition) is 4. The first-order valence-corrected chi connectivity index (χ1v) is 9.23. The zero-order valence-corrected chi connectivity index (χ0v) is 14.3. The molecule has 21 heavy (non-hydrogen) atoms. The average molecular weight is 389 g/mol. The van der Waals surface area contributed by atoms with E-state index in [1.165, 1.54) is 11.4 Å². The molecule has 5 nitrogen and oxygen atoms in total. The zero-order valence-electron chi connectivity index (χ0n) is 11.1. The summed E-state index contributed by atoms with van der Waals surface area (Å²) in [6.07, 6.45) is 0. The van der Waals surface area contributed by atoms with E-state index < -0.39 is 10.0 Å². The lowest BCUT2D eigenvalue weighted by molar-refractivity contribution is 0.0959. The molecule has 0 bridgehead atoms. The van der Waals surface area contributed by atoms with Crippen molar-refractivity contribution in [1.82, 2.24) is 5.32 Å². The van der Waals surface area contributed by atoms with Gasteiger partial charge in [-0.2, -0.15) is 0 Å². The SMILES string of the molecule is CCNC(=O)c1cc(S(=O)(=O)Nc2cccc(Br)c2)cs1. The average Bonchev–Trinajstić information content (AvgIpc) is 2.89. The fraction of sp³-hybridized carbons (Fsp3) is 0.154. The molecule has 1 heterocycles. The molecule has 0 radical (unpaired) electrons. The predicted molar refractivity (Wildman–Crippen MR) is 87.3 cm³/mol. The second-order valence-electron chi connectivity index (χ2n) is 4.12. The van der Waals surface area contributed by atoms with Crippen LogP contribution in [-0.4, -0.2) is 20.9 Å². The summed E-state index contributed by atoms with van der Waals surface area (Å²) in [6, 6.07) is 8.22. The van der Waals surface area contributed by atoms with E-state index in [4.69, 9.17) is 0 Å². The van der Waals surface area contributed by atoms with Gasteiger partial charge in [0, 0.05) is 22.1 Å². The monoisotopic (exact) mass is 388 g/mol. The van der Waals surface area contributed by atoms with Crippen LogP contribution in [0.4, 0.5) is 5.69 Å². The maximum absolute atomic E-state index is 12.3. The molecule has 8 heteroatoms. The fourth-order valence-electron chi connectivity index (χ4n) is 1.59. The van der Waals surface area contributed by atoms with Crippen LogP contribution in [0.1, 0.15) is 16.6 Å². The van der Waals surface area contributed by atoms with Crippen LogP contribution in [0.3, 0.4) is 0 Å². The molecule has 2 N–H and O–H groups in total. The van der Waals surface area contributed by atoms with Crippen LogP contribution in [0.15, 0.2) is 45.1 Å². The highest BCUT2D eigenvalue weighted by atomic mass is 79.9. The minimum absolute atomic E-state index is 0.0775. The summed E-state index contributed by atoms with van der Waals surface area (Å²) < 4.78 is 27.8. The lowest BCUT2D eigenvalue weighted by atomic mass is 10.3. The molecule has 0 aliphatic heterocycles. The molecule has 0 spiro atoms. The summed E-state index contributed by atoms with van der Waals surface area (Å²) in [5.41, 5.74) is 0.454. The Balaban J connectivity index is 2.22. The van der Waals surface area contributed by atoms with Crippen molar-refractivity contribution < 1.29 is 13.2 Å². The number of anilines is 1. The first-order chi connectivity index (χ1) is 9.92. The largest absolute Gasteiger partial charge is 0.352 e. The number of carbonyl (C=O) groups excluding carboxylic acids is 1. The van der Waals surface area contributed by atoms with E-state index in [1.807, 2.05) is 0 Å². The molecule has 0 fully saturated rings. The Morgan fingerprint density at radius 1 is 1.33 bits per heavy atom. The number of halogens is 1. The van der Waals surface area contributed by atoms with Gasteiger partial charge < -0.3 is 5.32 Å². The van der Waals surface area contributed by atoms with Crippen LogP contribution in [0.25, 0.3) is 0 Å². The van der Waals surface area contributed by atoms with E-state index in [-0.39, 0.29) is 10.8 Å². The van der Waals surface area contributed by atoms with Crippen molar-refractivity contribution >= 4 is 48.9 Å². The molecule has 0 saturated carbocycles. The van der Waals surface area contributed by atoms with Gasteiger partial charge in [0.1, 0.15) is 0 Å². The molecule has 1 amide bonds. The van der Waals surface area contributed by atoms with Crippen LogP contribution in [0, 0.1) is 0 Å². The van der Waals surface area contributed by atoms with Crippen molar-refractivity contribution in [2.75, 3.05) is 11.3 Å². The van der Waals surface area contributed by atoms with Crippen molar-refractivity contribution in [3.8, 4) is 0 Å². The molecule has 0 aliphatic carbocycles.